The van der Waals surface area contributed by atoms with E-state index in [1.54, 1.807) is 0 Å². The molecule has 1 saturated carbocycles. The third kappa shape index (κ3) is 2.98. The van der Waals surface area contributed by atoms with Gasteiger partial charge in [0.25, 0.3) is 0 Å². The molecule has 0 aromatic carbocycles. The number of ether oxygens (including phenoxy) is 1. The van der Waals surface area contributed by atoms with Crippen LogP contribution in [0.5, 0.6) is 0 Å². The van der Waals surface area contributed by atoms with Crippen molar-refractivity contribution in [2.24, 2.45) is 10.2 Å². The van der Waals surface area contributed by atoms with E-state index < -0.39 is 6.09 Å². The minimum absolute atomic E-state index is 0.248. The number of carbonyl (C=O) groups excluding carboxylic acids is 1. The van der Waals surface area contributed by atoms with Crippen molar-refractivity contribution >= 4 is 6.09 Å². The summed E-state index contributed by atoms with van der Waals surface area (Å²) in [4.78, 5) is 10.6. The van der Waals surface area contributed by atoms with Gasteiger partial charge in [0.15, 0.2) is 0 Å². The lowest BCUT2D eigenvalue weighted by Gasteiger charge is -2.15. The molecule has 1 aliphatic rings. The first-order chi connectivity index (χ1) is 5.83. The van der Waals surface area contributed by atoms with Crippen LogP contribution in [0, 0.1) is 0 Å². The van der Waals surface area contributed by atoms with Crippen molar-refractivity contribution in [1.82, 2.24) is 0 Å². The molecule has 0 heterocycles. The van der Waals surface area contributed by atoms with Crippen molar-refractivity contribution in [1.29, 1.82) is 0 Å². The van der Waals surface area contributed by atoms with E-state index >= 15 is 0 Å². The molecular formula is C8H14N2O2. The average Bonchev–Trinajstić information content (AvgIpc) is 2.16. The van der Waals surface area contributed by atoms with E-state index in [-0.39, 0.29) is 6.04 Å². The maximum Gasteiger partial charge on any atom is 0.451 e. The smallest absolute Gasteiger partial charge is 0.450 e. The number of hydrogen-bond acceptors (Lipinski definition) is 3. The standard InChI is InChI=1S/C8H14N2O2/c1-12-8(11)10-9-7-5-3-2-4-6-7/h7H,2-6H2,1H3. The van der Waals surface area contributed by atoms with Gasteiger partial charge in [-0.25, -0.2) is 4.79 Å². The summed E-state index contributed by atoms with van der Waals surface area (Å²) in [5.74, 6) is 0. The van der Waals surface area contributed by atoms with Gasteiger partial charge >= 0.3 is 6.09 Å². The lowest BCUT2D eigenvalue weighted by atomic mass is 9.96. The predicted molar refractivity (Wildman–Crippen MR) is 44.1 cm³/mol. The van der Waals surface area contributed by atoms with Gasteiger partial charge in [-0.15, -0.1) is 0 Å². The van der Waals surface area contributed by atoms with Gasteiger partial charge in [0.2, 0.25) is 0 Å². The Morgan fingerprint density at radius 2 is 2.00 bits per heavy atom. The zero-order valence-electron chi connectivity index (χ0n) is 7.32. The molecule has 0 saturated heterocycles. The molecule has 1 rings (SSSR count). The normalized spacial score (nSPS) is 19.8. The summed E-state index contributed by atoms with van der Waals surface area (Å²) in [6, 6.07) is 0.248. The third-order valence-electron chi connectivity index (χ3n) is 2.05. The molecule has 0 aliphatic heterocycles. The first-order valence-electron chi connectivity index (χ1n) is 4.31. The molecule has 12 heavy (non-hydrogen) atoms. The van der Waals surface area contributed by atoms with Crippen LogP contribution in [0.15, 0.2) is 10.2 Å². The molecule has 4 heteroatoms. The minimum Gasteiger partial charge on any atom is -0.450 e. The maximum atomic E-state index is 10.6. The molecule has 0 radical (unpaired) electrons. The van der Waals surface area contributed by atoms with Gasteiger partial charge in [0.05, 0.1) is 13.2 Å². The Morgan fingerprint density at radius 1 is 1.33 bits per heavy atom. The summed E-state index contributed by atoms with van der Waals surface area (Å²) in [7, 11) is 1.31. The fraction of sp³-hybridized carbons (Fsp3) is 0.875. The van der Waals surface area contributed by atoms with Crippen molar-refractivity contribution in [2.45, 2.75) is 38.1 Å². The van der Waals surface area contributed by atoms with E-state index in [1.165, 1.54) is 26.4 Å². The number of hydrogen-bond donors (Lipinski definition) is 0. The van der Waals surface area contributed by atoms with Gasteiger partial charge in [-0.05, 0) is 12.8 Å². The molecular weight excluding hydrogens is 156 g/mol. The summed E-state index contributed by atoms with van der Waals surface area (Å²) in [6.45, 7) is 0. The van der Waals surface area contributed by atoms with Crippen LogP contribution in [0.3, 0.4) is 0 Å². The Morgan fingerprint density at radius 3 is 2.58 bits per heavy atom. The van der Waals surface area contributed by atoms with Crippen LogP contribution >= 0.6 is 0 Å². The molecule has 1 amide bonds. The first kappa shape index (κ1) is 9.16. The fourth-order valence-electron chi connectivity index (χ4n) is 1.37. The predicted octanol–water partition coefficient (Wildman–Crippen LogP) is 2.54. The lowest BCUT2D eigenvalue weighted by Crippen LogP contribution is -2.09. The Bertz CT molecular complexity index is 174. The number of azo groups is 1. The van der Waals surface area contributed by atoms with E-state index in [0.29, 0.717) is 0 Å². The second-order valence-corrected chi connectivity index (χ2v) is 2.98. The van der Waals surface area contributed by atoms with Crippen LogP contribution in [0.2, 0.25) is 0 Å². The summed E-state index contributed by atoms with van der Waals surface area (Å²) in [5.41, 5.74) is 0. The number of amides is 1. The molecule has 1 fully saturated rings. The van der Waals surface area contributed by atoms with Crippen molar-refractivity contribution in [3.05, 3.63) is 0 Å². The summed E-state index contributed by atoms with van der Waals surface area (Å²) < 4.78 is 4.34. The van der Waals surface area contributed by atoms with Crippen LogP contribution in [0.1, 0.15) is 32.1 Å². The van der Waals surface area contributed by atoms with Crippen LogP contribution in [0.4, 0.5) is 4.79 Å². The quantitative estimate of drug-likeness (QED) is 0.568. The first-order valence-corrected chi connectivity index (χ1v) is 4.31. The second kappa shape index (κ2) is 4.85. The van der Waals surface area contributed by atoms with Crippen molar-refractivity contribution in [3.8, 4) is 0 Å². The van der Waals surface area contributed by atoms with Gasteiger partial charge in [-0.1, -0.05) is 24.4 Å². The molecule has 68 valence electrons. The van der Waals surface area contributed by atoms with Crippen LogP contribution in [-0.2, 0) is 4.74 Å². The molecule has 0 unspecified atom stereocenters. The molecule has 0 atom stereocenters. The lowest BCUT2D eigenvalue weighted by molar-refractivity contribution is 0.179. The molecule has 0 aromatic rings. The van der Waals surface area contributed by atoms with E-state index in [0.717, 1.165) is 12.8 Å². The molecule has 0 spiro atoms. The van der Waals surface area contributed by atoms with E-state index in [9.17, 15) is 4.79 Å². The van der Waals surface area contributed by atoms with E-state index in [2.05, 4.69) is 15.0 Å². The fourth-order valence-corrected chi connectivity index (χ4v) is 1.37. The molecule has 1 aliphatic carbocycles. The summed E-state index contributed by atoms with van der Waals surface area (Å²) >= 11 is 0. The summed E-state index contributed by atoms with van der Waals surface area (Å²) in [6.07, 6.45) is 5.20. The SMILES string of the molecule is COC(=O)N=NC1CCCCC1. The Balaban J connectivity index is 2.28. The second-order valence-electron chi connectivity index (χ2n) is 2.98. The van der Waals surface area contributed by atoms with E-state index in [4.69, 9.17) is 0 Å². The van der Waals surface area contributed by atoms with Gasteiger partial charge in [-0.2, -0.15) is 5.11 Å². The molecule has 4 nitrogen and oxygen atoms in total. The topological polar surface area (TPSA) is 51.0 Å². The number of rotatable bonds is 1. The Kier molecular flexibility index (Phi) is 3.70. The van der Waals surface area contributed by atoms with Crippen molar-refractivity contribution < 1.29 is 9.53 Å². The molecule has 0 N–H and O–H groups in total. The third-order valence-corrected chi connectivity index (χ3v) is 2.05. The summed E-state index contributed by atoms with van der Waals surface area (Å²) in [5, 5.41) is 7.33. The number of carbonyl (C=O) groups is 1. The molecule has 0 bridgehead atoms. The highest BCUT2D eigenvalue weighted by Gasteiger charge is 2.12. The van der Waals surface area contributed by atoms with Crippen molar-refractivity contribution in [3.63, 3.8) is 0 Å². The Hall–Kier alpha value is -0.930. The molecule has 0 aromatic heterocycles. The maximum absolute atomic E-state index is 10.6. The minimum atomic E-state index is -0.597. The van der Waals surface area contributed by atoms with Crippen LogP contribution in [0.25, 0.3) is 0 Å². The Labute approximate surface area is 72.0 Å². The van der Waals surface area contributed by atoms with Gasteiger partial charge in [0, 0.05) is 0 Å². The zero-order chi connectivity index (χ0) is 8.81. The van der Waals surface area contributed by atoms with E-state index in [1.807, 2.05) is 0 Å². The number of methoxy groups -OCH3 is 1. The zero-order valence-corrected chi connectivity index (χ0v) is 7.32. The van der Waals surface area contributed by atoms with Crippen LogP contribution in [-0.4, -0.2) is 19.2 Å². The van der Waals surface area contributed by atoms with Crippen molar-refractivity contribution in [2.75, 3.05) is 7.11 Å². The number of nitrogens with zero attached hydrogens (tertiary/aromatic N) is 2. The van der Waals surface area contributed by atoms with Gasteiger partial charge in [-0.3, -0.25) is 0 Å². The van der Waals surface area contributed by atoms with Gasteiger partial charge < -0.3 is 4.74 Å². The van der Waals surface area contributed by atoms with Crippen LogP contribution < -0.4 is 0 Å². The largest absolute Gasteiger partial charge is 0.451 e. The average molecular weight is 170 g/mol. The highest BCUT2D eigenvalue weighted by molar-refractivity contribution is 5.67. The van der Waals surface area contributed by atoms with Gasteiger partial charge in [0.1, 0.15) is 0 Å². The monoisotopic (exact) mass is 170 g/mol. The highest BCUT2D eigenvalue weighted by atomic mass is 16.5. The highest BCUT2D eigenvalue weighted by Crippen LogP contribution is 2.20.